The lowest BCUT2D eigenvalue weighted by Crippen LogP contribution is -2.55. The third-order valence-electron chi connectivity index (χ3n) is 4.30. The molecular weight excluding hydrogens is 192 g/mol. The Labute approximate surface area is 91.8 Å². The first kappa shape index (κ1) is 11.4. The number of ether oxygens (including phenoxy) is 2. The van der Waals surface area contributed by atoms with Crippen molar-refractivity contribution in [3.8, 4) is 0 Å². The van der Waals surface area contributed by atoms with Gasteiger partial charge in [0.05, 0.1) is 13.2 Å². The van der Waals surface area contributed by atoms with Gasteiger partial charge in [-0.1, -0.05) is 13.3 Å². The Morgan fingerprint density at radius 1 is 1.27 bits per heavy atom. The molecule has 3 nitrogen and oxygen atoms in total. The van der Waals surface area contributed by atoms with E-state index in [1.807, 2.05) is 0 Å². The Kier molecular flexibility index (Phi) is 3.65. The summed E-state index contributed by atoms with van der Waals surface area (Å²) in [6.45, 7) is 5.92. The smallest absolute Gasteiger partial charge is 0.0551 e. The lowest BCUT2D eigenvalue weighted by Gasteiger charge is -2.52. The van der Waals surface area contributed by atoms with Crippen LogP contribution in [0.25, 0.3) is 0 Å². The molecule has 2 fully saturated rings. The largest absolute Gasteiger partial charge is 0.396 e. The standard InChI is InChI=1S/C12H22O3/c1-2-10(7-13)12(8-15-9-12)11-3-5-14-6-4-11/h10-11,13H,2-9H2,1H3. The van der Waals surface area contributed by atoms with Gasteiger partial charge in [-0.2, -0.15) is 0 Å². The lowest BCUT2D eigenvalue weighted by atomic mass is 9.62. The van der Waals surface area contributed by atoms with E-state index in [1.165, 1.54) is 0 Å². The van der Waals surface area contributed by atoms with E-state index in [9.17, 15) is 5.11 Å². The molecule has 88 valence electrons. The molecule has 0 aliphatic carbocycles. The molecule has 15 heavy (non-hydrogen) atoms. The molecule has 2 saturated heterocycles. The van der Waals surface area contributed by atoms with Crippen LogP contribution in [0.5, 0.6) is 0 Å². The van der Waals surface area contributed by atoms with Gasteiger partial charge in [-0.15, -0.1) is 0 Å². The summed E-state index contributed by atoms with van der Waals surface area (Å²) < 4.78 is 10.8. The average molecular weight is 214 g/mol. The SMILES string of the molecule is CCC(CO)C1(C2CCOCC2)COC1. The van der Waals surface area contributed by atoms with Gasteiger partial charge in [-0.05, 0) is 24.7 Å². The Bertz CT molecular complexity index is 191. The van der Waals surface area contributed by atoms with E-state index in [2.05, 4.69) is 6.92 Å². The second kappa shape index (κ2) is 4.81. The number of rotatable bonds is 4. The zero-order valence-electron chi connectivity index (χ0n) is 9.58. The van der Waals surface area contributed by atoms with Crippen LogP contribution in [0, 0.1) is 17.3 Å². The first-order chi connectivity index (χ1) is 7.33. The number of aliphatic hydroxyl groups is 1. The van der Waals surface area contributed by atoms with Crippen LogP contribution < -0.4 is 0 Å². The van der Waals surface area contributed by atoms with Crippen molar-refractivity contribution < 1.29 is 14.6 Å². The normalized spacial score (nSPS) is 28.4. The van der Waals surface area contributed by atoms with Crippen molar-refractivity contribution in [3.63, 3.8) is 0 Å². The summed E-state index contributed by atoms with van der Waals surface area (Å²) in [5.41, 5.74) is 0.257. The molecule has 2 rings (SSSR count). The topological polar surface area (TPSA) is 38.7 Å². The van der Waals surface area contributed by atoms with Crippen LogP contribution >= 0.6 is 0 Å². The third kappa shape index (κ3) is 1.93. The van der Waals surface area contributed by atoms with Crippen molar-refractivity contribution in [3.05, 3.63) is 0 Å². The van der Waals surface area contributed by atoms with Crippen molar-refractivity contribution in [2.75, 3.05) is 33.0 Å². The molecule has 0 saturated carbocycles. The zero-order valence-corrected chi connectivity index (χ0v) is 9.58. The van der Waals surface area contributed by atoms with Crippen LogP contribution in [0.4, 0.5) is 0 Å². The summed E-state index contributed by atoms with van der Waals surface area (Å²) in [5.74, 6) is 1.10. The highest BCUT2D eigenvalue weighted by molar-refractivity contribution is 4.97. The van der Waals surface area contributed by atoms with E-state index in [0.717, 1.165) is 45.7 Å². The van der Waals surface area contributed by atoms with Gasteiger partial charge in [0.25, 0.3) is 0 Å². The fraction of sp³-hybridized carbons (Fsp3) is 1.00. The molecule has 0 amide bonds. The van der Waals surface area contributed by atoms with E-state index >= 15 is 0 Å². The average Bonchev–Trinajstić information content (AvgIpc) is 2.24. The van der Waals surface area contributed by atoms with Gasteiger partial charge < -0.3 is 14.6 Å². The second-order valence-electron chi connectivity index (χ2n) is 4.90. The predicted molar refractivity (Wildman–Crippen MR) is 57.7 cm³/mol. The summed E-state index contributed by atoms with van der Waals surface area (Å²) in [7, 11) is 0. The van der Waals surface area contributed by atoms with Crippen LogP contribution in [-0.2, 0) is 9.47 Å². The summed E-state index contributed by atoms with van der Waals surface area (Å²) >= 11 is 0. The molecule has 0 spiro atoms. The molecular formula is C12H22O3. The van der Waals surface area contributed by atoms with E-state index in [1.54, 1.807) is 0 Å². The maximum atomic E-state index is 9.47. The summed E-state index contributed by atoms with van der Waals surface area (Å²) in [4.78, 5) is 0. The van der Waals surface area contributed by atoms with Gasteiger partial charge in [-0.3, -0.25) is 0 Å². The van der Waals surface area contributed by atoms with Gasteiger partial charge in [0.2, 0.25) is 0 Å². The van der Waals surface area contributed by atoms with Crippen LogP contribution in [-0.4, -0.2) is 38.1 Å². The molecule has 0 aromatic rings. The quantitative estimate of drug-likeness (QED) is 0.769. The van der Waals surface area contributed by atoms with Crippen molar-refractivity contribution in [2.45, 2.75) is 26.2 Å². The Balaban J connectivity index is 2.05. The zero-order chi connectivity index (χ0) is 10.7. The van der Waals surface area contributed by atoms with E-state index < -0.39 is 0 Å². The maximum Gasteiger partial charge on any atom is 0.0551 e. The minimum Gasteiger partial charge on any atom is -0.396 e. The Morgan fingerprint density at radius 2 is 1.93 bits per heavy atom. The first-order valence-electron chi connectivity index (χ1n) is 6.10. The third-order valence-corrected chi connectivity index (χ3v) is 4.30. The van der Waals surface area contributed by atoms with Gasteiger partial charge in [0.15, 0.2) is 0 Å². The van der Waals surface area contributed by atoms with E-state index in [4.69, 9.17) is 9.47 Å². The van der Waals surface area contributed by atoms with E-state index in [0.29, 0.717) is 18.4 Å². The van der Waals surface area contributed by atoms with Crippen LogP contribution in [0.2, 0.25) is 0 Å². The molecule has 0 bridgehead atoms. The fourth-order valence-electron chi connectivity index (χ4n) is 3.13. The highest BCUT2D eigenvalue weighted by Gasteiger charge is 2.50. The van der Waals surface area contributed by atoms with Crippen LogP contribution in [0.1, 0.15) is 26.2 Å². The second-order valence-corrected chi connectivity index (χ2v) is 4.90. The maximum absolute atomic E-state index is 9.47. The fourth-order valence-corrected chi connectivity index (χ4v) is 3.13. The molecule has 1 N–H and O–H groups in total. The van der Waals surface area contributed by atoms with Crippen LogP contribution in [0.15, 0.2) is 0 Å². The van der Waals surface area contributed by atoms with Crippen molar-refractivity contribution in [1.29, 1.82) is 0 Å². The molecule has 0 radical (unpaired) electrons. The number of hydrogen-bond acceptors (Lipinski definition) is 3. The Hall–Kier alpha value is -0.120. The van der Waals surface area contributed by atoms with E-state index in [-0.39, 0.29) is 5.41 Å². The molecule has 0 aromatic carbocycles. The van der Waals surface area contributed by atoms with Crippen molar-refractivity contribution >= 4 is 0 Å². The minimum atomic E-state index is 0.257. The molecule has 3 heteroatoms. The predicted octanol–water partition coefficient (Wildman–Crippen LogP) is 1.45. The molecule has 1 atom stereocenters. The minimum absolute atomic E-state index is 0.257. The summed E-state index contributed by atoms with van der Waals surface area (Å²) in [5, 5.41) is 9.47. The van der Waals surface area contributed by atoms with Crippen LogP contribution in [0.3, 0.4) is 0 Å². The summed E-state index contributed by atoms with van der Waals surface area (Å²) in [6, 6.07) is 0. The van der Waals surface area contributed by atoms with Crippen molar-refractivity contribution in [2.24, 2.45) is 17.3 Å². The first-order valence-corrected chi connectivity index (χ1v) is 6.10. The molecule has 2 aliphatic heterocycles. The molecule has 2 aliphatic rings. The highest BCUT2D eigenvalue weighted by Crippen LogP contribution is 2.47. The summed E-state index contributed by atoms with van der Waals surface area (Å²) in [6.07, 6.45) is 3.33. The number of hydrogen-bond donors (Lipinski definition) is 1. The van der Waals surface area contributed by atoms with Gasteiger partial charge in [0, 0.05) is 25.2 Å². The molecule has 0 aromatic heterocycles. The Morgan fingerprint density at radius 3 is 2.33 bits per heavy atom. The highest BCUT2D eigenvalue weighted by atomic mass is 16.5. The van der Waals surface area contributed by atoms with Gasteiger partial charge in [-0.25, -0.2) is 0 Å². The van der Waals surface area contributed by atoms with Crippen molar-refractivity contribution in [1.82, 2.24) is 0 Å². The lowest BCUT2D eigenvalue weighted by molar-refractivity contribution is -0.199. The molecule has 2 heterocycles. The molecule has 1 unspecified atom stereocenters. The number of aliphatic hydroxyl groups excluding tert-OH is 1. The monoisotopic (exact) mass is 214 g/mol. The van der Waals surface area contributed by atoms with Gasteiger partial charge in [0.1, 0.15) is 0 Å². The van der Waals surface area contributed by atoms with Gasteiger partial charge >= 0.3 is 0 Å².